The topological polar surface area (TPSA) is 54.4 Å². The second kappa shape index (κ2) is 5.92. The average Bonchev–Trinajstić information content (AvgIpc) is 2.43. The monoisotopic (exact) mass is 296 g/mol. The Morgan fingerprint density at radius 1 is 1.05 bits per heavy atom. The molecule has 0 saturated carbocycles. The van der Waals surface area contributed by atoms with Gasteiger partial charge in [-0.2, -0.15) is 0 Å². The van der Waals surface area contributed by atoms with Crippen LogP contribution in [0.3, 0.4) is 0 Å². The predicted molar refractivity (Wildman–Crippen MR) is 69.9 cm³/mol. The average molecular weight is 296 g/mol. The molecule has 1 N–H and O–H groups in total. The Hall–Kier alpha value is -2.08. The molecule has 0 fully saturated rings. The van der Waals surface area contributed by atoms with Crippen molar-refractivity contribution in [3.8, 4) is 0 Å². The van der Waals surface area contributed by atoms with Crippen molar-refractivity contribution in [2.45, 2.75) is 10.6 Å². The molecule has 0 heterocycles. The Morgan fingerprint density at radius 2 is 1.65 bits per heavy atom. The Morgan fingerprint density at radius 3 is 2.25 bits per heavy atom. The first kappa shape index (κ1) is 14.3. The molecule has 0 saturated heterocycles. The fraction of sp³-hybridized carbons (Fsp3) is 0.0714. The van der Waals surface area contributed by atoms with Gasteiger partial charge in [-0.15, -0.1) is 0 Å². The van der Waals surface area contributed by atoms with E-state index in [0.717, 1.165) is 12.1 Å². The molecule has 2 aromatic carbocycles. The van der Waals surface area contributed by atoms with Crippen molar-refractivity contribution in [2.75, 3.05) is 0 Å². The van der Waals surface area contributed by atoms with E-state index < -0.39 is 34.2 Å². The first-order chi connectivity index (χ1) is 9.50. The van der Waals surface area contributed by atoms with E-state index in [-0.39, 0.29) is 16.0 Å². The van der Waals surface area contributed by atoms with Gasteiger partial charge < -0.3 is 5.11 Å². The number of hydrogen-bond acceptors (Lipinski definition) is 2. The van der Waals surface area contributed by atoms with Crippen LogP contribution in [0.1, 0.15) is 15.9 Å². The van der Waals surface area contributed by atoms with Crippen LogP contribution in [0.2, 0.25) is 0 Å². The van der Waals surface area contributed by atoms with Crippen LogP contribution in [-0.4, -0.2) is 15.3 Å². The number of rotatable bonds is 4. The summed E-state index contributed by atoms with van der Waals surface area (Å²) in [5.41, 5.74) is -0.450. The van der Waals surface area contributed by atoms with Crippen molar-refractivity contribution in [3.63, 3.8) is 0 Å². The number of carboxylic acid groups (broad SMARTS) is 1. The summed E-state index contributed by atoms with van der Waals surface area (Å²) in [6.07, 6.45) is 0. The third-order valence-electron chi connectivity index (χ3n) is 2.70. The summed E-state index contributed by atoms with van der Waals surface area (Å²) in [5.74, 6) is -3.25. The first-order valence-corrected chi connectivity index (χ1v) is 6.96. The molecule has 0 amide bonds. The van der Waals surface area contributed by atoms with Gasteiger partial charge in [-0.05, 0) is 24.3 Å². The highest BCUT2D eigenvalue weighted by atomic mass is 32.2. The molecule has 0 bridgehead atoms. The molecule has 3 nitrogen and oxygen atoms in total. The van der Waals surface area contributed by atoms with Gasteiger partial charge in [0.15, 0.2) is 0 Å². The van der Waals surface area contributed by atoms with Crippen LogP contribution in [0.15, 0.2) is 47.4 Å². The zero-order chi connectivity index (χ0) is 14.7. The molecule has 0 aliphatic carbocycles. The molecule has 0 aliphatic heterocycles. The van der Waals surface area contributed by atoms with Crippen molar-refractivity contribution >= 4 is 16.8 Å². The molecule has 2 rings (SSSR count). The van der Waals surface area contributed by atoms with Crippen molar-refractivity contribution in [3.05, 3.63) is 65.2 Å². The van der Waals surface area contributed by atoms with Crippen LogP contribution in [0.25, 0.3) is 0 Å². The Kier molecular flexibility index (Phi) is 4.24. The molecule has 6 heteroatoms. The van der Waals surface area contributed by atoms with Crippen molar-refractivity contribution < 1.29 is 22.9 Å². The highest BCUT2D eigenvalue weighted by Gasteiger charge is 2.18. The minimum absolute atomic E-state index is 0.0441. The fourth-order valence-electron chi connectivity index (χ4n) is 1.72. The number of aromatic carboxylic acids is 1. The Balaban J connectivity index is 2.36. The van der Waals surface area contributed by atoms with E-state index >= 15 is 0 Å². The fourth-order valence-corrected chi connectivity index (χ4v) is 3.05. The molecule has 0 aliphatic rings. The van der Waals surface area contributed by atoms with Gasteiger partial charge in [0.25, 0.3) is 0 Å². The zero-order valence-electron chi connectivity index (χ0n) is 10.2. The van der Waals surface area contributed by atoms with Crippen LogP contribution in [0, 0.1) is 11.6 Å². The molecule has 0 aromatic heterocycles. The summed E-state index contributed by atoms with van der Waals surface area (Å²) in [6.45, 7) is 0. The number of halogens is 2. The number of hydrogen-bond donors (Lipinski definition) is 1. The maximum absolute atomic E-state index is 13.5. The van der Waals surface area contributed by atoms with Crippen molar-refractivity contribution in [2.24, 2.45) is 0 Å². The second-order valence-electron chi connectivity index (χ2n) is 3.99. The third kappa shape index (κ3) is 2.91. The molecule has 0 spiro atoms. The summed E-state index contributed by atoms with van der Waals surface area (Å²) in [5, 5.41) is 9.01. The van der Waals surface area contributed by atoms with Gasteiger partial charge in [-0.25, -0.2) is 13.6 Å². The lowest BCUT2D eigenvalue weighted by Gasteiger charge is -2.07. The summed E-state index contributed by atoms with van der Waals surface area (Å²) >= 11 is 0. The van der Waals surface area contributed by atoms with Crippen molar-refractivity contribution in [1.82, 2.24) is 0 Å². The molecule has 104 valence electrons. The Labute approximate surface area is 116 Å². The van der Waals surface area contributed by atoms with Crippen LogP contribution >= 0.6 is 0 Å². The van der Waals surface area contributed by atoms with Gasteiger partial charge in [-0.1, -0.05) is 18.2 Å². The lowest BCUT2D eigenvalue weighted by atomic mass is 10.2. The summed E-state index contributed by atoms with van der Waals surface area (Å²) in [7, 11) is -1.85. The van der Waals surface area contributed by atoms with Crippen LogP contribution < -0.4 is 0 Å². The standard InChI is InChI=1S/C14H10F2O3S/c15-11-5-3-6-12(16)10(11)8-20(19)13-7-2-1-4-9(13)14(17)18/h1-7H,8H2,(H,17,18). The molecule has 2 aromatic rings. The highest BCUT2D eigenvalue weighted by molar-refractivity contribution is 7.84. The smallest absolute Gasteiger partial charge is 0.336 e. The zero-order valence-corrected chi connectivity index (χ0v) is 11.0. The molecular weight excluding hydrogens is 286 g/mol. The highest BCUT2D eigenvalue weighted by Crippen LogP contribution is 2.20. The summed E-state index contributed by atoms with van der Waals surface area (Å²) in [6, 6.07) is 9.04. The van der Waals surface area contributed by atoms with Gasteiger partial charge in [0.1, 0.15) is 11.6 Å². The molecule has 1 unspecified atom stereocenters. The lowest BCUT2D eigenvalue weighted by Crippen LogP contribution is -2.07. The van der Waals surface area contributed by atoms with Gasteiger partial charge in [0.2, 0.25) is 0 Å². The first-order valence-electron chi connectivity index (χ1n) is 5.64. The minimum atomic E-state index is -1.85. The van der Waals surface area contributed by atoms with E-state index in [2.05, 4.69) is 0 Å². The van der Waals surface area contributed by atoms with Gasteiger partial charge >= 0.3 is 5.97 Å². The quantitative estimate of drug-likeness (QED) is 0.943. The normalized spacial score (nSPS) is 12.1. The van der Waals surface area contributed by atoms with Crippen molar-refractivity contribution in [1.29, 1.82) is 0 Å². The Bertz CT molecular complexity index is 666. The minimum Gasteiger partial charge on any atom is -0.478 e. The van der Waals surface area contributed by atoms with E-state index in [1.807, 2.05) is 0 Å². The van der Waals surface area contributed by atoms with Crippen LogP contribution in [0.4, 0.5) is 8.78 Å². The number of carboxylic acids is 1. The van der Waals surface area contributed by atoms with Gasteiger partial charge in [0.05, 0.1) is 27.0 Å². The van der Waals surface area contributed by atoms with Gasteiger partial charge in [0, 0.05) is 5.56 Å². The van der Waals surface area contributed by atoms with E-state index in [1.165, 1.54) is 30.3 Å². The summed E-state index contributed by atoms with van der Waals surface area (Å²) < 4.78 is 39.1. The molecule has 1 atom stereocenters. The number of carbonyl (C=O) groups is 1. The van der Waals surface area contributed by atoms with E-state index in [4.69, 9.17) is 5.11 Å². The molecule has 0 radical (unpaired) electrons. The molecule has 20 heavy (non-hydrogen) atoms. The largest absolute Gasteiger partial charge is 0.478 e. The SMILES string of the molecule is O=C(O)c1ccccc1S(=O)Cc1c(F)cccc1F. The maximum atomic E-state index is 13.5. The third-order valence-corrected chi connectivity index (χ3v) is 4.10. The van der Waals surface area contributed by atoms with Crippen LogP contribution in [-0.2, 0) is 16.6 Å². The predicted octanol–water partition coefficient (Wildman–Crippen LogP) is 2.97. The van der Waals surface area contributed by atoms with Gasteiger partial charge in [-0.3, -0.25) is 4.21 Å². The lowest BCUT2D eigenvalue weighted by molar-refractivity contribution is 0.0693. The van der Waals surface area contributed by atoms with E-state index in [1.54, 1.807) is 0 Å². The maximum Gasteiger partial charge on any atom is 0.336 e. The van der Waals surface area contributed by atoms with Crippen LogP contribution in [0.5, 0.6) is 0 Å². The number of benzene rings is 2. The van der Waals surface area contributed by atoms with E-state index in [9.17, 15) is 17.8 Å². The molecular formula is C14H10F2O3S. The van der Waals surface area contributed by atoms with E-state index in [0.29, 0.717) is 0 Å². The summed E-state index contributed by atoms with van der Waals surface area (Å²) in [4.78, 5) is 11.1. The second-order valence-corrected chi connectivity index (χ2v) is 5.41.